The van der Waals surface area contributed by atoms with Crippen molar-refractivity contribution in [1.29, 1.82) is 0 Å². The summed E-state index contributed by atoms with van der Waals surface area (Å²) in [5.41, 5.74) is -0.867. The molecule has 0 unspecified atom stereocenters. The fourth-order valence-corrected chi connectivity index (χ4v) is 2.27. The zero-order valence-electron chi connectivity index (χ0n) is 10.3. The molecule has 21 heavy (non-hydrogen) atoms. The maximum absolute atomic E-state index is 11.7. The number of halogens is 2. The Labute approximate surface area is 132 Å². The first kappa shape index (κ1) is 15.6. The van der Waals surface area contributed by atoms with Crippen molar-refractivity contribution in [2.24, 2.45) is 0 Å². The largest absolute Gasteiger partial charge is 0.342 e. The number of carbonyl (C=O) groups is 1. The van der Waals surface area contributed by atoms with Gasteiger partial charge in [-0.3, -0.25) is 14.6 Å². The SMILES string of the molecule is O=C(CSc1n[nH]c(=O)[nH]c1=O)Nc1ccc(Cl)c(Cl)c1. The van der Waals surface area contributed by atoms with E-state index in [1.54, 1.807) is 12.1 Å². The quantitative estimate of drug-likeness (QED) is 0.727. The second kappa shape index (κ2) is 6.79. The summed E-state index contributed by atoms with van der Waals surface area (Å²) in [4.78, 5) is 35.9. The van der Waals surface area contributed by atoms with E-state index >= 15 is 0 Å². The summed E-state index contributed by atoms with van der Waals surface area (Å²) in [5.74, 6) is -0.409. The molecule has 0 radical (unpaired) electrons. The maximum atomic E-state index is 11.7. The summed E-state index contributed by atoms with van der Waals surface area (Å²) in [7, 11) is 0. The number of benzene rings is 1. The number of carbonyl (C=O) groups excluding carboxylic acids is 1. The van der Waals surface area contributed by atoms with E-state index in [9.17, 15) is 14.4 Å². The molecule has 0 aliphatic heterocycles. The third-order valence-electron chi connectivity index (χ3n) is 2.22. The van der Waals surface area contributed by atoms with Gasteiger partial charge in [-0.25, -0.2) is 9.89 Å². The minimum atomic E-state index is -0.704. The highest BCUT2D eigenvalue weighted by molar-refractivity contribution is 7.99. The molecule has 7 nitrogen and oxygen atoms in total. The van der Waals surface area contributed by atoms with Gasteiger partial charge in [-0.2, -0.15) is 5.10 Å². The van der Waals surface area contributed by atoms with E-state index < -0.39 is 11.2 Å². The van der Waals surface area contributed by atoms with Gasteiger partial charge in [0.1, 0.15) is 0 Å². The molecular formula is C11H8Cl2N4O3S. The van der Waals surface area contributed by atoms with E-state index in [1.807, 2.05) is 4.98 Å². The molecule has 0 bridgehead atoms. The number of hydrogen-bond donors (Lipinski definition) is 3. The van der Waals surface area contributed by atoms with Crippen molar-refractivity contribution >= 4 is 46.6 Å². The first-order chi connectivity index (χ1) is 9.95. The number of hydrogen-bond acceptors (Lipinski definition) is 5. The van der Waals surface area contributed by atoms with Gasteiger partial charge < -0.3 is 5.32 Å². The fraction of sp³-hybridized carbons (Fsp3) is 0.0909. The third kappa shape index (κ3) is 4.35. The Kier molecular flexibility index (Phi) is 5.05. The monoisotopic (exact) mass is 346 g/mol. The molecule has 1 heterocycles. The molecule has 0 aliphatic rings. The highest BCUT2D eigenvalue weighted by atomic mass is 35.5. The van der Waals surface area contributed by atoms with Crippen LogP contribution in [0.25, 0.3) is 0 Å². The highest BCUT2D eigenvalue weighted by Crippen LogP contribution is 2.25. The number of anilines is 1. The van der Waals surface area contributed by atoms with E-state index in [0.29, 0.717) is 15.7 Å². The van der Waals surface area contributed by atoms with Crippen LogP contribution in [0.3, 0.4) is 0 Å². The summed E-state index contributed by atoms with van der Waals surface area (Å²) in [5, 5.41) is 8.93. The highest BCUT2D eigenvalue weighted by Gasteiger charge is 2.09. The Morgan fingerprint density at radius 1 is 1.29 bits per heavy atom. The lowest BCUT2D eigenvalue weighted by atomic mass is 10.3. The van der Waals surface area contributed by atoms with E-state index in [1.165, 1.54) is 6.07 Å². The molecule has 0 saturated heterocycles. The van der Waals surface area contributed by atoms with Gasteiger partial charge in [-0.1, -0.05) is 35.0 Å². The minimum absolute atomic E-state index is 0.00103. The molecule has 2 aromatic rings. The third-order valence-corrected chi connectivity index (χ3v) is 3.92. The number of amides is 1. The van der Waals surface area contributed by atoms with Crippen LogP contribution in [0.1, 0.15) is 0 Å². The van der Waals surface area contributed by atoms with Crippen LogP contribution >= 0.6 is 35.0 Å². The van der Waals surface area contributed by atoms with E-state index in [2.05, 4.69) is 15.5 Å². The number of aromatic nitrogens is 3. The molecular weight excluding hydrogens is 339 g/mol. The number of thioether (sulfide) groups is 1. The Morgan fingerprint density at radius 2 is 2.05 bits per heavy atom. The van der Waals surface area contributed by atoms with Gasteiger partial charge in [0.05, 0.1) is 15.8 Å². The first-order valence-electron chi connectivity index (χ1n) is 5.52. The van der Waals surface area contributed by atoms with Crippen LogP contribution in [0, 0.1) is 0 Å². The second-order valence-corrected chi connectivity index (χ2v) is 5.56. The average molecular weight is 347 g/mol. The molecule has 110 valence electrons. The normalized spacial score (nSPS) is 10.4. The lowest BCUT2D eigenvalue weighted by Crippen LogP contribution is -2.25. The second-order valence-electron chi connectivity index (χ2n) is 3.78. The standard InChI is InChI=1S/C11H8Cl2N4O3S/c12-6-2-1-5(3-7(6)13)14-8(18)4-21-10-9(19)15-11(20)17-16-10/h1-3H,4H2,(H,14,18)(H2,15,17,19,20). The van der Waals surface area contributed by atoms with Gasteiger partial charge in [0.2, 0.25) is 5.91 Å². The van der Waals surface area contributed by atoms with Crippen molar-refractivity contribution in [2.45, 2.75) is 5.03 Å². The van der Waals surface area contributed by atoms with Gasteiger partial charge in [-0.15, -0.1) is 0 Å². The van der Waals surface area contributed by atoms with Gasteiger partial charge in [0.25, 0.3) is 5.56 Å². The predicted octanol–water partition coefficient (Wildman–Crippen LogP) is 1.50. The molecule has 3 N–H and O–H groups in total. The average Bonchev–Trinajstić information content (AvgIpc) is 2.42. The molecule has 0 aliphatic carbocycles. The van der Waals surface area contributed by atoms with Crippen LogP contribution in [0.15, 0.2) is 32.8 Å². The zero-order chi connectivity index (χ0) is 15.4. The summed E-state index contributed by atoms with van der Waals surface area (Å²) < 4.78 is 0. The molecule has 0 atom stereocenters. The number of rotatable bonds is 4. The molecule has 2 rings (SSSR count). The van der Waals surface area contributed by atoms with Crippen LogP contribution in [0.5, 0.6) is 0 Å². The number of nitrogens with zero attached hydrogens (tertiary/aromatic N) is 1. The van der Waals surface area contributed by atoms with Crippen LogP contribution in [-0.4, -0.2) is 26.8 Å². The first-order valence-corrected chi connectivity index (χ1v) is 7.26. The summed E-state index contributed by atoms with van der Waals surface area (Å²) in [6.07, 6.45) is 0. The Bertz CT molecular complexity index is 790. The number of nitrogens with one attached hydrogen (secondary N) is 3. The maximum Gasteiger partial charge on any atom is 0.342 e. The van der Waals surface area contributed by atoms with Crippen LogP contribution in [0.4, 0.5) is 5.69 Å². The summed E-state index contributed by atoms with van der Waals surface area (Å²) in [6.45, 7) is 0. The zero-order valence-corrected chi connectivity index (χ0v) is 12.6. The summed E-state index contributed by atoms with van der Waals surface area (Å²) in [6, 6.07) is 4.67. The minimum Gasteiger partial charge on any atom is -0.325 e. The molecule has 1 amide bonds. The van der Waals surface area contributed by atoms with Gasteiger partial charge in [0.15, 0.2) is 5.03 Å². The van der Waals surface area contributed by atoms with Crippen molar-refractivity contribution in [3.8, 4) is 0 Å². The Hall–Kier alpha value is -1.77. The van der Waals surface area contributed by atoms with Gasteiger partial charge in [-0.05, 0) is 18.2 Å². The topological polar surface area (TPSA) is 108 Å². The molecule has 0 spiro atoms. The molecule has 1 aromatic heterocycles. The van der Waals surface area contributed by atoms with Crippen LogP contribution in [0.2, 0.25) is 10.0 Å². The Balaban J connectivity index is 1.97. The van der Waals surface area contributed by atoms with Crippen molar-refractivity contribution in [3.05, 3.63) is 49.1 Å². The van der Waals surface area contributed by atoms with Gasteiger partial charge in [0, 0.05) is 5.69 Å². The van der Waals surface area contributed by atoms with Crippen LogP contribution < -0.4 is 16.6 Å². The molecule has 10 heteroatoms. The lowest BCUT2D eigenvalue weighted by Gasteiger charge is -2.05. The summed E-state index contributed by atoms with van der Waals surface area (Å²) >= 11 is 12.5. The van der Waals surface area contributed by atoms with Crippen LogP contribution in [-0.2, 0) is 4.79 Å². The van der Waals surface area contributed by atoms with E-state index in [0.717, 1.165) is 11.8 Å². The number of H-pyrrole nitrogens is 2. The number of aromatic amines is 2. The van der Waals surface area contributed by atoms with E-state index in [4.69, 9.17) is 23.2 Å². The van der Waals surface area contributed by atoms with Crippen molar-refractivity contribution in [3.63, 3.8) is 0 Å². The van der Waals surface area contributed by atoms with E-state index in [-0.39, 0.29) is 16.7 Å². The van der Waals surface area contributed by atoms with Gasteiger partial charge >= 0.3 is 5.69 Å². The van der Waals surface area contributed by atoms with Crippen molar-refractivity contribution in [2.75, 3.05) is 11.1 Å². The van der Waals surface area contributed by atoms with Crippen molar-refractivity contribution in [1.82, 2.24) is 15.2 Å². The fourth-order valence-electron chi connectivity index (χ4n) is 1.34. The smallest absolute Gasteiger partial charge is 0.325 e. The lowest BCUT2D eigenvalue weighted by molar-refractivity contribution is -0.113. The molecule has 1 aromatic carbocycles. The predicted molar refractivity (Wildman–Crippen MR) is 81.3 cm³/mol. The van der Waals surface area contributed by atoms with Crippen molar-refractivity contribution < 1.29 is 4.79 Å². The molecule has 0 fully saturated rings. The Morgan fingerprint density at radius 3 is 2.71 bits per heavy atom. The molecule has 0 saturated carbocycles.